The lowest BCUT2D eigenvalue weighted by Crippen LogP contribution is -2.35. The van der Waals surface area contributed by atoms with Crippen molar-refractivity contribution in [2.75, 3.05) is 11.9 Å². The van der Waals surface area contributed by atoms with E-state index in [9.17, 15) is 13.2 Å². The molecule has 0 saturated heterocycles. The van der Waals surface area contributed by atoms with Crippen LogP contribution in [0.4, 0.5) is 5.69 Å². The maximum atomic E-state index is 13.2. The molecule has 1 aliphatic heterocycles. The van der Waals surface area contributed by atoms with E-state index in [-0.39, 0.29) is 16.7 Å². The van der Waals surface area contributed by atoms with Crippen molar-refractivity contribution in [2.45, 2.75) is 44.6 Å². The first-order valence-corrected chi connectivity index (χ1v) is 12.3. The van der Waals surface area contributed by atoms with E-state index in [0.717, 1.165) is 22.4 Å². The van der Waals surface area contributed by atoms with Crippen LogP contribution in [0.15, 0.2) is 71.6 Å². The first kappa shape index (κ1) is 22.2. The smallest absolute Gasteiger partial charge is 0.255 e. The number of nitrogens with one attached hydrogen (secondary N) is 1. The Bertz CT molecular complexity index is 1250. The van der Waals surface area contributed by atoms with E-state index in [4.69, 9.17) is 0 Å². The Morgan fingerprint density at radius 2 is 1.62 bits per heavy atom. The van der Waals surface area contributed by atoms with Gasteiger partial charge in [-0.1, -0.05) is 56.3 Å². The van der Waals surface area contributed by atoms with Crippen molar-refractivity contribution in [1.82, 2.24) is 4.31 Å². The van der Waals surface area contributed by atoms with Crippen LogP contribution in [0.1, 0.15) is 52.4 Å². The molecule has 4 rings (SSSR count). The quantitative estimate of drug-likeness (QED) is 0.589. The first-order valence-electron chi connectivity index (χ1n) is 10.8. The van der Waals surface area contributed by atoms with Crippen LogP contribution in [0, 0.1) is 6.92 Å². The van der Waals surface area contributed by atoms with Gasteiger partial charge >= 0.3 is 0 Å². The lowest BCUT2D eigenvalue weighted by molar-refractivity contribution is 0.102. The summed E-state index contributed by atoms with van der Waals surface area (Å²) in [6.07, 6.45) is 0.699. The molecule has 5 nitrogen and oxygen atoms in total. The average Bonchev–Trinajstić information content (AvgIpc) is 2.80. The van der Waals surface area contributed by atoms with Gasteiger partial charge in [0.25, 0.3) is 5.91 Å². The van der Waals surface area contributed by atoms with Crippen molar-refractivity contribution >= 4 is 21.6 Å². The van der Waals surface area contributed by atoms with Gasteiger partial charge in [-0.3, -0.25) is 4.79 Å². The minimum absolute atomic E-state index is 0.201. The molecular weight excluding hydrogens is 420 g/mol. The van der Waals surface area contributed by atoms with Crippen molar-refractivity contribution < 1.29 is 13.2 Å². The molecule has 0 spiro atoms. The predicted molar refractivity (Wildman–Crippen MR) is 127 cm³/mol. The summed E-state index contributed by atoms with van der Waals surface area (Å²) in [6, 6.07) is 20.1. The van der Waals surface area contributed by atoms with E-state index in [2.05, 4.69) is 19.2 Å². The van der Waals surface area contributed by atoms with Gasteiger partial charge in [0, 0.05) is 24.3 Å². The summed E-state index contributed by atoms with van der Waals surface area (Å²) >= 11 is 0. The number of benzene rings is 3. The van der Waals surface area contributed by atoms with Crippen LogP contribution in [-0.2, 0) is 23.0 Å². The Labute approximate surface area is 190 Å². The second kappa shape index (κ2) is 8.88. The van der Waals surface area contributed by atoms with Crippen LogP contribution >= 0.6 is 0 Å². The number of aryl methyl sites for hydroxylation is 1. The number of sulfonamides is 1. The highest BCUT2D eigenvalue weighted by Crippen LogP contribution is 2.28. The first-order chi connectivity index (χ1) is 15.3. The molecule has 1 amide bonds. The van der Waals surface area contributed by atoms with Gasteiger partial charge in [-0.05, 0) is 65.8 Å². The van der Waals surface area contributed by atoms with E-state index < -0.39 is 10.0 Å². The van der Waals surface area contributed by atoms with Crippen molar-refractivity contribution in [2.24, 2.45) is 0 Å². The molecule has 32 heavy (non-hydrogen) atoms. The summed E-state index contributed by atoms with van der Waals surface area (Å²) in [5.74, 6) is 0.0180. The highest BCUT2D eigenvalue weighted by Gasteiger charge is 2.28. The molecule has 0 atom stereocenters. The molecule has 1 aliphatic rings. The van der Waals surface area contributed by atoms with Crippen LogP contribution in [-0.4, -0.2) is 25.2 Å². The highest BCUT2D eigenvalue weighted by molar-refractivity contribution is 7.89. The molecule has 0 aliphatic carbocycles. The topological polar surface area (TPSA) is 66.5 Å². The van der Waals surface area contributed by atoms with Crippen LogP contribution in [0.2, 0.25) is 0 Å². The van der Waals surface area contributed by atoms with Crippen LogP contribution in [0.25, 0.3) is 0 Å². The summed E-state index contributed by atoms with van der Waals surface area (Å²) < 4.78 is 27.8. The number of nitrogens with zero attached hydrogens (tertiary/aromatic N) is 1. The Morgan fingerprint density at radius 1 is 0.938 bits per heavy atom. The fourth-order valence-corrected chi connectivity index (χ4v) is 5.55. The van der Waals surface area contributed by atoms with Gasteiger partial charge in [-0.2, -0.15) is 4.31 Å². The summed E-state index contributed by atoms with van der Waals surface area (Å²) in [4.78, 5) is 13.1. The van der Waals surface area contributed by atoms with Crippen LogP contribution in [0.5, 0.6) is 0 Å². The molecule has 0 bridgehead atoms. The normalized spacial score (nSPS) is 14.2. The fraction of sp³-hybridized carbons (Fsp3) is 0.269. The Hall–Kier alpha value is -2.96. The Kier molecular flexibility index (Phi) is 6.17. The number of hydrogen-bond acceptors (Lipinski definition) is 3. The third-order valence-corrected chi connectivity index (χ3v) is 7.87. The molecule has 166 valence electrons. The fourth-order valence-electron chi connectivity index (χ4n) is 4.13. The largest absolute Gasteiger partial charge is 0.321 e. The van der Waals surface area contributed by atoms with Gasteiger partial charge < -0.3 is 5.32 Å². The van der Waals surface area contributed by atoms with Gasteiger partial charge in [0.1, 0.15) is 0 Å². The number of carbonyl (C=O) groups excluding carboxylic acids is 1. The van der Waals surface area contributed by atoms with Gasteiger partial charge in [-0.25, -0.2) is 8.42 Å². The maximum Gasteiger partial charge on any atom is 0.255 e. The predicted octanol–water partition coefficient (Wildman–Crippen LogP) is 5.12. The third-order valence-electron chi connectivity index (χ3n) is 6.02. The highest BCUT2D eigenvalue weighted by atomic mass is 32.2. The number of para-hydroxylation sites is 1. The van der Waals surface area contributed by atoms with Gasteiger partial charge in [0.05, 0.1) is 4.90 Å². The number of rotatable bonds is 5. The van der Waals surface area contributed by atoms with Gasteiger partial charge in [-0.15, -0.1) is 0 Å². The lowest BCUT2D eigenvalue weighted by Gasteiger charge is -2.28. The number of carbonyl (C=O) groups is 1. The summed E-state index contributed by atoms with van der Waals surface area (Å²) in [6.45, 7) is 6.96. The molecule has 0 unspecified atom stereocenters. The number of amides is 1. The van der Waals surface area contributed by atoms with Gasteiger partial charge in [0.15, 0.2) is 0 Å². The standard InChI is InChI=1S/C26H28N2O3S/c1-18(2)24-10-6-7-19(3)25(24)27-26(29)21-11-13-23(14-12-21)32(30,31)28-16-15-20-8-4-5-9-22(20)17-28/h4-14,18H,15-17H2,1-3H3,(H,27,29). The molecule has 3 aromatic carbocycles. The number of fused-ring (bicyclic) bond motifs is 1. The molecule has 0 fully saturated rings. The SMILES string of the molecule is Cc1cccc(C(C)C)c1NC(=O)c1ccc(S(=O)(=O)N2CCc3ccccc3C2)cc1. The molecule has 6 heteroatoms. The third kappa shape index (κ3) is 4.33. The van der Waals surface area contributed by atoms with E-state index in [1.54, 1.807) is 12.1 Å². The zero-order valence-corrected chi connectivity index (χ0v) is 19.4. The average molecular weight is 449 g/mol. The van der Waals surface area contributed by atoms with E-state index in [0.29, 0.717) is 25.1 Å². The molecule has 0 saturated carbocycles. The minimum atomic E-state index is -3.63. The molecule has 1 heterocycles. The zero-order chi connectivity index (χ0) is 22.9. The monoisotopic (exact) mass is 448 g/mol. The van der Waals surface area contributed by atoms with E-state index in [1.165, 1.54) is 22.0 Å². The molecule has 0 radical (unpaired) electrons. The molecule has 0 aromatic heterocycles. The second-order valence-corrected chi connectivity index (χ2v) is 10.5. The Balaban J connectivity index is 1.53. The van der Waals surface area contributed by atoms with Crippen LogP contribution in [0.3, 0.4) is 0 Å². The van der Waals surface area contributed by atoms with Crippen molar-refractivity contribution in [3.63, 3.8) is 0 Å². The molecular formula is C26H28N2O3S. The molecule has 3 aromatic rings. The lowest BCUT2D eigenvalue weighted by atomic mass is 9.98. The summed E-state index contributed by atoms with van der Waals surface area (Å²) in [5.41, 5.74) is 5.54. The number of anilines is 1. The van der Waals surface area contributed by atoms with Crippen molar-refractivity contribution in [3.05, 3.63) is 94.5 Å². The molecule has 1 N–H and O–H groups in total. The van der Waals surface area contributed by atoms with Crippen LogP contribution < -0.4 is 5.32 Å². The van der Waals surface area contributed by atoms with E-state index >= 15 is 0 Å². The van der Waals surface area contributed by atoms with Gasteiger partial charge in [0.2, 0.25) is 10.0 Å². The zero-order valence-electron chi connectivity index (χ0n) is 18.6. The second-order valence-electron chi connectivity index (χ2n) is 8.53. The van der Waals surface area contributed by atoms with Crippen molar-refractivity contribution in [3.8, 4) is 0 Å². The maximum absolute atomic E-state index is 13.2. The Morgan fingerprint density at radius 3 is 2.31 bits per heavy atom. The van der Waals surface area contributed by atoms with Crippen molar-refractivity contribution in [1.29, 1.82) is 0 Å². The summed E-state index contributed by atoms with van der Waals surface area (Å²) in [5, 5.41) is 3.01. The van der Waals surface area contributed by atoms with E-state index in [1.807, 2.05) is 49.4 Å². The summed E-state index contributed by atoms with van der Waals surface area (Å²) in [7, 11) is -3.63. The minimum Gasteiger partial charge on any atom is -0.321 e. The number of hydrogen-bond donors (Lipinski definition) is 1.